The van der Waals surface area contributed by atoms with E-state index >= 15 is 0 Å². The first-order chi connectivity index (χ1) is 7.99. The molecular formula is C14H19NOS. The molecule has 0 bridgehead atoms. The highest BCUT2D eigenvalue weighted by atomic mass is 32.2. The van der Waals surface area contributed by atoms with Gasteiger partial charge < -0.3 is 10.1 Å². The normalized spacial score (nSPS) is 30.1. The van der Waals surface area contributed by atoms with Gasteiger partial charge >= 0.3 is 0 Å². The SMILES string of the molecule is CC1(C)Oc2cc(C3(C)CCCN3)ccc2S1. The van der Waals surface area contributed by atoms with Crippen molar-refractivity contribution in [2.24, 2.45) is 0 Å². The molecule has 1 saturated heterocycles. The predicted molar refractivity (Wildman–Crippen MR) is 71.6 cm³/mol. The molecule has 0 amide bonds. The fourth-order valence-corrected chi connectivity index (χ4v) is 3.71. The van der Waals surface area contributed by atoms with Crippen LogP contribution in [0.4, 0.5) is 0 Å². The molecule has 2 aliphatic heterocycles. The maximum Gasteiger partial charge on any atom is 0.153 e. The van der Waals surface area contributed by atoms with Crippen molar-refractivity contribution >= 4 is 11.8 Å². The van der Waals surface area contributed by atoms with Crippen LogP contribution in [0.1, 0.15) is 39.2 Å². The summed E-state index contributed by atoms with van der Waals surface area (Å²) in [5.74, 6) is 1.05. The highest BCUT2D eigenvalue weighted by molar-refractivity contribution is 8.00. The summed E-state index contributed by atoms with van der Waals surface area (Å²) in [5.41, 5.74) is 1.49. The van der Waals surface area contributed by atoms with E-state index in [-0.39, 0.29) is 10.5 Å². The predicted octanol–water partition coefficient (Wildman–Crippen LogP) is 3.51. The van der Waals surface area contributed by atoms with Crippen molar-refractivity contribution in [2.75, 3.05) is 6.54 Å². The highest BCUT2D eigenvalue weighted by Gasteiger charge is 2.34. The summed E-state index contributed by atoms with van der Waals surface area (Å²) in [7, 11) is 0. The van der Waals surface area contributed by atoms with Crippen LogP contribution in [0.2, 0.25) is 0 Å². The molecule has 0 aliphatic carbocycles. The number of benzene rings is 1. The number of rotatable bonds is 1. The molecule has 2 nitrogen and oxygen atoms in total. The molecule has 1 fully saturated rings. The Balaban J connectivity index is 1.95. The lowest BCUT2D eigenvalue weighted by Crippen LogP contribution is -2.33. The van der Waals surface area contributed by atoms with Gasteiger partial charge in [-0.15, -0.1) is 0 Å². The number of thioether (sulfide) groups is 1. The molecule has 0 spiro atoms. The fraction of sp³-hybridized carbons (Fsp3) is 0.571. The number of hydrogen-bond acceptors (Lipinski definition) is 3. The quantitative estimate of drug-likeness (QED) is 0.823. The standard InChI is InChI=1S/C14H19NOS/c1-13(2)16-11-9-10(5-6-12(11)17-13)14(3)7-4-8-15-14/h5-6,9,15H,4,7-8H2,1-3H3. The third kappa shape index (κ3) is 1.95. The van der Waals surface area contributed by atoms with Gasteiger partial charge in [0.2, 0.25) is 0 Å². The molecule has 3 rings (SSSR count). The Morgan fingerprint density at radius 1 is 1.29 bits per heavy atom. The minimum absolute atomic E-state index is 0.120. The Bertz CT molecular complexity index is 450. The minimum Gasteiger partial charge on any atom is -0.476 e. The van der Waals surface area contributed by atoms with Crippen molar-refractivity contribution in [3.63, 3.8) is 0 Å². The summed E-state index contributed by atoms with van der Waals surface area (Å²) < 4.78 is 5.97. The number of nitrogens with one attached hydrogen (secondary N) is 1. The maximum absolute atomic E-state index is 5.97. The largest absolute Gasteiger partial charge is 0.476 e. The molecule has 17 heavy (non-hydrogen) atoms. The first-order valence-electron chi connectivity index (χ1n) is 6.26. The van der Waals surface area contributed by atoms with E-state index in [1.165, 1.54) is 23.3 Å². The average Bonchev–Trinajstić information content (AvgIpc) is 2.79. The molecular weight excluding hydrogens is 230 g/mol. The summed E-state index contributed by atoms with van der Waals surface area (Å²) in [5, 5.41) is 3.60. The van der Waals surface area contributed by atoms with Crippen LogP contribution in [0.3, 0.4) is 0 Å². The first kappa shape index (κ1) is 11.4. The van der Waals surface area contributed by atoms with Crippen molar-refractivity contribution < 1.29 is 4.74 Å². The van der Waals surface area contributed by atoms with Crippen LogP contribution in [-0.2, 0) is 5.54 Å². The molecule has 1 aromatic rings. The molecule has 0 radical (unpaired) electrons. The average molecular weight is 249 g/mol. The lowest BCUT2D eigenvalue weighted by Gasteiger charge is -2.25. The summed E-state index contributed by atoms with van der Waals surface area (Å²) in [6, 6.07) is 6.67. The van der Waals surface area contributed by atoms with Crippen molar-refractivity contribution in [3.8, 4) is 5.75 Å². The molecule has 1 atom stereocenters. The van der Waals surface area contributed by atoms with Gasteiger partial charge in [0.25, 0.3) is 0 Å². The minimum atomic E-state index is -0.120. The van der Waals surface area contributed by atoms with Crippen LogP contribution in [0.25, 0.3) is 0 Å². The van der Waals surface area contributed by atoms with Crippen molar-refractivity contribution in [2.45, 2.75) is 49.0 Å². The molecule has 2 heterocycles. The monoisotopic (exact) mass is 249 g/mol. The van der Waals surface area contributed by atoms with E-state index in [0.29, 0.717) is 0 Å². The van der Waals surface area contributed by atoms with Gasteiger partial charge in [-0.2, -0.15) is 0 Å². The van der Waals surface area contributed by atoms with E-state index in [1.54, 1.807) is 11.8 Å². The lowest BCUT2D eigenvalue weighted by molar-refractivity contribution is 0.214. The second-order valence-electron chi connectivity index (χ2n) is 5.63. The molecule has 1 N–H and O–H groups in total. The number of fused-ring (bicyclic) bond motifs is 1. The maximum atomic E-state index is 5.97. The van der Waals surface area contributed by atoms with Crippen LogP contribution < -0.4 is 10.1 Å². The summed E-state index contributed by atoms with van der Waals surface area (Å²) in [4.78, 5) is 1.14. The first-order valence-corrected chi connectivity index (χ1v) is 7.08. The smallest absolute Gasteiger partial charge is 0.153 e. The number of hydrogen-bond donors (Lipinski definition) is 1. The van der Waals surface area contributed by atoms with Gasteiger partial charge in [0.05, 0.1) is 4.90 Å². The second kappa shape index (κ2) is 3.66. The Hall–Kier alpha value is -0.670. The molecule has 1 unspecified atom stereocenters. The molecule has 0 saturated carbocycles. The van der Waals surface area contributed by atoms with Crippen LogP contribution in [0.5, 0.6) is 5.75 Å². The number of ether oxygens (including phenoxy) is 1. The van der Waals surface area contributed by atoms with Crippen LogP contribution >= 0.6 is 11.8 Å². The zero-order valence-corrected chi connectivity index (χ0v) is 11.5. The topological polar surface area (TPSA) is 21.3 Å². The van der Waals surface area contributed by atoms with E-state index in [2.05, 4.69) is 44.3 Å². The van der Waals surface area contributed by atoms with Crippen molar-refractivity contribution in [1.82, 2.24) is 5.32 Å². The molecule has 92 valence electrons. The molecule has 0 aromatic heterocycles. The van der Waals surface area contributed by atoms with Gasteiger partial charge in [0.15, 0.2) is 4.93 Å². The Labute approximate surface area is 107 Å². The van der Waals surface area contributed by atoms with Crippen LogP contribution in [0, 0.1) is 0 Å². The van der Waals surface area contributed by atoms with E-state index in [0.717, 1.165) is 12.3 Å². The molecule has 2 aliphatic rings. The Morgan fingerprint density at radius 3 is 2.82 bits per heavy atom. The van der Waals surface area contributed by atoms with Gasteiger partial charge in [-0.05, 0) is 57.9 Å². The van der Waals surface area contributed by atoms with Gasteiger partial charge in [0.1, 0.15) is 5.75 Å². The highest BCUT2D eigenvalue weighted by Crippen LogP contribution is 2.48. The van der Waals surface area contributed by atoms with Crippen LogP contribution in [-0.4, -0.2) is 11.5 Å². The Morgan fingerprint density at radius 2 is 2.12 bits per heavy atom. The third-order valence-corrected chi connectivity index (χ3v) is 4.79. The summed E-state index contributed by atoms with van der Waals surface area (Å²) in [6.07, 6.45) is 2.47. The molecule has 3 heteroatoms. The summed E-state index contributed by atoms with van der Waals surface area (Å²) >= 11 is 1.80. The van der Waals surface area contributed by atoms with Crippen LogP contribution in [0.15, 0.2) is 23.1 Å². The lowest BCUT2D eigenvalue weighted by atomic mass is 9.90. The van der Waals surface area contributed by atoms with Gasteiger partial charge in [-0.25, -0.2) is 0 Å². The van der Waals surface area contributed by atoms with Gasteiger partial charge in [-0.3, -0.25) is 0 Å². The van der Waals surface area contributed by atoms with E-state index in [1.807, 2.05) is 0 Å². The second-order valence-corrected chi connectivity index (χ2v) is 7.26. The third-order valence-electron chi connectivity index (χ3n) is 3.66. The van der Waals surface area contributed by atoms with Crippen molar-refractivity contribution in [1.29, 1.82) is 0 Å². The molecule has 1 aromatic carbocycles. The van der Waals surface area contributed by atoms with E-state index in [4.69, 9.17) is 4.74 Å². The zero-order chi connectivity index (χ0) is 12.1. The van der Waals surface area contributed by atoms with E-state index < -0.39 is 0 Å². The van der Waals surface area contributed by atoms with Gasteiger partial charge in [-0.1, -0.05) is 17.8 Å². The fourth-order valence-electron chi connectivity index (χ4n) is 2.71. The zero-order valence-electron chi connectivity index (χ0n) is 10.7. The van der Waals surface area contributed by atoms with Gasteiger partial charge in [0, 0.05) is 5.54 Å². The Kier molecular flexibility index (Phi) is 2.46. The van der Waals surface area contributed by atoms with Crippen molar-refractivity contribution in [3.05, 3.63) is 23.8 Å². The van der Waals surface area contributed by atoms with E-state index in [9.17, 15) is 0 Å². The summed E-state index contributed by atoms with van der Waals surface area (Å²) in [6.45, 7) is 7.64.